The first-order chi connectivity index (χ1) is 11.7. The summed E-state index contributed by atoms with van der Waals surface area (Å²) in [6, 6.07) is 3.74. The topological polar surface area (TPSA) is 101 Å². The smallest absolute Gasteiger partial charge is 0.320 e. The lowest BCUT2D eigenvalue weighted by molar-refractivity contribution is -0.149. The van der Waals surface area contributed by atoms with Gasteiger partial charge in [-0.1, -0.05) is 12.5 Å². The third kappa shape index (κ3) is 6.64. The summed E-state index contributed by atoms with van der Waals surface area (Å²) in [4.78, 5) is 27.0. The van der Waals surface area contributed by atoms with Gasteiger partial charge in [0.05, 0.1) is 6.54 Å². The van der Waals surface area contributed by atoms with Gasteiger partial charge < -0.3 is 10.1 Å². The number of carbonyl (C=O) groups is 2. The number of pyridine rings is 1. The molecule has 1 saturated carbocycles. The van der Waals surface area contributed by atoms with E-state index < -0.39 is 5.91 Å². The van der Waals surface area contributed by atoms with Gasteiger partial charge in [0.15, 0.2) is 0 Å². The van der Waals surface area contributed by atoms with Crippen LogP contribution >= 0.6 is 0 Å². The number of aryl methyl sites for hydroxylation is 1. The first-order valence-corrected chi connectivity index (χ1v) is 8.44. The van der Waals surface area contributed by atoms with Crippen molar-refractivity contribution in [1.82, 2.24) is 15.8 Å². The van der Waals surface area contributed by atoms with Gasteiger partial charge in [-0.15, -0.1) is 0 Å². The molecule has 132 valence electrons. The van der Waals surface area contributed by atoms with Crippen LogP contribution < -0.4 is 10.8 Å². The molecule has 7 heteroatoms. The second-order valence-corrected chi connectivity index (χ2v) is 6.05. The lowest BCUT2D eigenvalue weighted by Gasteiger charge is -2.21. The minimum absolute atomic E-state index is 0.0881. The summed E-state index contributed by atoms with van der Waals surface area (Å²) in [5.41, 5.74) is 3.33. The van der Waals surface area contributed by atoms with Crippen LogP contribution in [0.2, 0.25) is 0 Å². The number of aromatic nitrogens is 1. The molecule has 0 spiro atoms. The van der Waals surface area contributed by atoms with Crippen molar-refractivity contribution in [3.05, 3.63) is 29.6 Å². The van der Waals surface area contributed by atoms with Crippen molar-refractivity contribution in [3.63, 3.8) is 0 Å². The first-order valence-electron chi connectivity index (χ1n) is 8.44. The number of carbonyl (C=O) groups excluding carboxylic acids is 2. The van der Waals surface area contributed by atoms with Crippen LogP contribution in [0, 0.1) is 0 Å². The van der Waals surface area contributed by atoms with Crippen LogP contribution in [0.3, 0.4) is 0 Å². The van der Waals surface area contributed by atoms with Gasteiger partial charge in [-0.3, -0.25) is 19.8 Å². The van der Waals surface area contributed by atoms with Crippen molar-refractivity contribution in [3.8, 4) is 0 Å². The molecule has 1 aliphatic rings. The lowest BCUT2D eigenvalue weighted by atomic mass is 9.98. The van der Waals surface area contributed by atoms with Gasteiger partial charge in [0.1, 0.15) is 6.10 Å². The van der Waals surface area contributed by atoms with Crippen molar-refractivity contribution in [1.29, 1.82) is 0 Å². The van der Waals surface area contributed by atoms with Gasteiger partial charge in [0, 0.05) is 24.9 Å². The maximum atomic E-state index is 11.8. The van der Waals surface area contributed by atoms with E-state index in [0.29, 0.717) is 13.0 Å². The second kappa shape index (κ2) is 10.00. The van der Waals surface area contributed by atoms with E-state index in [1.165, 1.54) is 6.42 Å². The molecule has 7 nitrogen and oxygen atoms in total. The van der Waals surface area contributed by atoms with Gasteiger partial charge in [-0.2, -0.15) is 0 Å². The van der Waals surface area contributed by atoms with Crippen molar-refractivity contribution in [2.24, 2.45) is 0 Å². The average Bonchev–Trinajstić information content (AvgIpc) is 2.61. The third-order valence-electron chi connectivity index (χ3n) is 4.07. The fourth-order valence-electron chi connectivity index (χ4n) is 2.72. The monoisotopic (exact) mass is 335 g/mol. The molecule has 2 rings (SSSR count). The Bertz CT molecular complexity index is 527. The number of rotatable bonds is 8. The zero-order valence-corrected chi connectivity index (χ0v) is 13.8. The summed E-state index contributed by atoms with van der Waals surface area (Å²) in [5, 5.41) is 11.5. The number of nitrogens with one attached hydrogen (secondary N) is 2. The predicted molar refractivity (Wildman–Crippen MR) is 87.2 cm³/mol. The predicted octanol–water partition coefficient (Wildman–Crippen LogP) is 1.49. The van der Waals surface area contributed by atoms with E-state index in [1.54, 1.807) is 11.7 Å². The second-order valence-electron chi connectivity index (χ2n) is 6.05. The van der Waals surface area contributed by atoms with E-state index >= 15 is 0 Å². The minimum Gasteiger partial charge on any atom is -0.461 e. The molecule has 0 bridgehead atoms. The highest BCUT2D eigenvalue weighted by molar-refractivity contribution is 5.74. The largest absolute Gasteiger partial charge is 0.461 e. The van der Waals surface area contributed by atoms with Crippen LogP contribution in [0.15, 0.2) is 18.3 Å². The average molecular weight is 335 g/mol. The Labute approximate surface area is 141 Å². The normalized spacial score (nSPS) is 15.0. The van der Waals surface area contributed by atoms with Crippen molar-refractivity contribution < 1.29 is 19.5 Å². The zero-order valence-electron chi connectivity index (χ0n) is 13.8. The van der Waals surface area contributed by atoms with Gasteiger partial charge in [0.2, 0.25) is 5.91 Å². The number of hydroxylamine groups is 1. The van der Waals surface area contributed by atoms with Crippen LogP contribution in [-0.2, 0) is 27.3 Å². The fraction of sp³-hybridized carbons (Fsp3) is 0.588. The maximum Gasteiger partial charge on any atom is 0.320 e. The van der Waals surface area contributed by atoms with E-state index in [4.69, 9.17) is 9.94 Å². The molecule has 0 atom stereocenters. The zero-order chi connectivity index (χ0) is 17.2. The molecular weight excluding hydrogens is 310 g/mol. The number of esters is 1. The Hall–Kier alpha value is -1.99. The molecule has 1 heterocycles. The standard InChI is InChI=1S/C17H25N3O4/c21-16(20-23)9-8-14-7-6-13(11-19-14)10-18-12-17(22)24-15-4-2-1-3-5-15/h6-7,11,15,18,23H,1-5,8-10,12H2,(H,20,21). The van der Waals surface area contributed by atoms with Crippen molar-refractivity contribution in [2.45, 2.75) is 57.6 Å². The van der Waals surface area contributed by atoms with E-state index in [9.17, 15) is 9.59 Å². The summed E-state index contributed by atoms with van der Waals surface area (Å²) in [6.45, 7) is 0.721. The van der Waals surface area contributed by atoms with Gasteiger partial charge in [-0.05, 0) is 43.7 Å². The fourth-order valence-corrected chi connectivity index (χ4v) is 2.72. The summed E-state index contributed by atoms with van der Waals surface area (Å²) >= 11 is 0. The Morgan fingerprint density at radius 3 is 2.71 bits per heavy atom. The molecule has 0 unspecified atom stereocenters. The molecule has 24 heavy (non-hydrogen) atoms. The van der Waals surface area contributed by atoms with Crippen LogP contribution in [0.25, 0.3) is 0 Å². The highest BCUT2D eigenvalue weighted by Crippen LogP contribution is 2.20. The number of hydrogen-bond donors (Lipinski definition) is 3. The molecule has 1 aromatic rings. The van der Waals surface area contributed by atoms with E-state index in [2.05, 4.69) is 10.3 Å². The molecule has 0 aromatic carbocycles. The first kappa shape index (κ1) is 18.4. The molecule has 1 fully saturated rings. The molecule has 1 amide bonds. The maximum absolute atomic E-state index is 11.8. The van der Waals surface area contributed by atoms with Crippen LogP contribution in [-0.4, -0.2) is 34.7 Å². The highest BCUT2D eigenvalue weighted by Gasteiger charge is 2.17. The van der Waals surface area contributed by atoms with Crippen molar-refractivity contribution in [2.75, 3.05) is 6.54 Å². The minimum atomic E-state index is -0.431. The van der Waals surface area contributed by atoms with Gasteiger partial charge >= 0.3 is 5.97 Å². The molecule has 0 radical (unpaired) electrons. The molecule has 0 saturated heterocycles. The highest BCUT2D eigenvalue weighted by atomic mass is 16.5. The van der Waals surface area contributed by atoms with E-state index in [1.807, 2.05) is 12.1 Å². The van der Waals surface area contributed by atoms with Gasteiger partial charge in [0.25, 0.3) is 0 Å². The summed E-state index contributed by atoms with van der Waals surface area (Å²) in [5.74, 6) is -0.638. The van der Waals surface area contributed by atoms with Crippen LogP contribution in [0.4, 0.5) is 0 Å². The van der Waals surface area contributed by atoms with E-state index in [-0.39, 0.29) is 25.0 Å². The third-order valence-corrected chi connectivity index (χ3v) is 4.07. The number of amides is 1. The Balaban J connectivity index is 1.64. The molecule has 1 aromatic heterocycles. The summed E-state index contributed by atoms with van der Waals surface area (Å²) < 4.78 is 5.44. The quantitative estimate of drug-likeness (QED) is 0.378. The van der Waals surface area contributed by atoms with Crippen LogP contribution in [0.1, 0.15) is 49.8 Å². The molecular formula is C17H25N3O4. The van der Waals surface area contributed by atoms with Crippen molar-refractivity contribution >= 4 is 11.9 Å². The molecule has 0 aliphatic heterocycles. The molecule has 1 aliphatic carbocycles. The lowest BCUT2D eigenvalue weighted by Crippen LogP contribution is -2.29. The summed E-state index contributed by atoms with van der Waals surface area (Å²) in [6.07, 6.45) is 7.93. The van der Waals surface area contributed by atoms with E-state index in [0.717, 1.165) is 36.9 Å². The number of ether oxygens (including phenoxy) is 1. The number of hydrogen-bond acceptors (Lipinski definition) is 6. The Morgan fingerprint density at radius 1 is 1.25 bits per heavy atom. The Morgan fingerprint density at radius 2 is 2.04 bits per heavy atom. The summed E-state index contributed by atoms with van der Waals surface area (Å²) in [7, 11) is 0. The Kier molecular flexibility index (Phi) is 7.64. The SMILES string of the molecule is O=C(CCc1ccc(CNCC(=O)OC2CCCCC2)cn1)NO. The van der Waals surface area contributed by atoms with Crippen LogP contribution in [0.5, 0.6) is 0 Å². The number of nitrogens with zero attached hydrogens (tertiary/aromatic N) is 1. The molecule has 3 N–H and O–H groups in total. The van der Waals surface area contributed by atoms with Gasteiger partial charge in [-0.25, -0.2) is 5.48 Å².